The number of β-lactam (4-membered cyclic amide) rings is 1. The Balaban J connectivity index is 1.55. The summed E-state index contributed by atoms with van der Waals surface area (Å²) in [7, 11) is 1.18. The lowest BCUT2D eigenvalue weighted by Crippen LogP contribution is -2.80. The van der Waals surface area contributed by atoms with Crippen LogP contribution in [0.15, 0.2) is 41.6 Å². The van der Waals surface area contributed by atoms with Gasteiger partial charge in [0, 0.05) is 24.9 Å². The Labute approximate surface area is 232 Å². The maximum absolute atomic E-state index is 13.0. The SMILES string of the molecule is CO[C@@]1(NC(=O)CCC[C@@H](NC(=O)OCc2ccccc2)C(=O)O)C(=O)N2C(C(=O)O)=C(COC(N)=O)CS[C@@H]21. The highest BCUT2D eigenvalue weighted by molar-refractivity contribution is 8.00. The molecule has 6 N–H and O–H groups in total. The molecule has 3 rings (SSSR count). The molecule has 2 heterocycles. The van der Waals surface area contributed by atoms with Crippen molar-refractivity contribution in [2.75, 3.05) is 19.5 Å². The Bertz CT molecular complexity index is 1210. The van der Waals surface area contributed by atoms with Gasteiger partial charge in [-0.05, 0) is 18.4 Å². The number of rotatable bonds is 13. The van der Waals surface area contributed by atoms with Gasteiger partial charge in [0.25, 0.3) is 11.6 Å². The predicted octanol–water partition coefficient (Wildman–Crippen LogP) is 0.344. The Morgan fingerprint density at radius 3 is 2.45 bits per heavy atom. The lowest BCUT2D eigenvalue weighted by molar-refractivity contribution is -0.192. The molecule has 1 saturated heterocycles. The summed E-state index contributed by atoms with van der Waals surface area (Å²) >= 11 is 1.09. The number of fused-ring (bicyclic) bond motifs is 1. The fourth-order valence-corrected chi connectivity index (χ4v) is 5.53. The van der Waals surface area contributed by atoms with Crippen molar-refractivity contribution in [3.63, 3.8) is 0 Å². The van der Waals surface area contributed by atoms with Gasteiger partial charge in [-0.25, -0.2) is 19.2 Å². The van der Waals surface area contributed by atoms with Crippen LogP contribution in [-0.4, -0.2) is 87.7 Å². The van der Waals surface area contributed by atoms with E-state index in [1.165, 1.54) is 7.11 Å². The van der Waals surface area contributed by atoms with Gasteiger partial charge in [0.15, 0.2) is 0 Å². The van der Waals surface area contributed by atoms with E-state index in [-0.39, 0.29) is 37.2 Å². The summed E-state index contributed by atoms with van der Waals surface area (Å²) in [5.74, 6) is -4.21. The molecule has 0 bridgehead atoms. The third-order valence-corrected chi connectivity index (χ3v) is 7.42. The van der Waals surface area contributed by atoms with Crippen LogP contribution in [0.5, 0.6) is 0 Å². The van der Waals surface area contributed by atoms with E-state index in [1.54, 1.807) is 30.3 Å². The van der Waals surface area contributed by atoms with Crippen LogP contribution in [0.3, 0.4) is 0 Å². The van der Waals surface area contributed by atoms with Crippen molar-refractivity contribution in [3.05, 3.63) is 47.2 Å². The predicted molar refractivity (Wildman–Crippen MR) is 136 cm³/mol. The first-order chi connectivity index (χ1) is 19.0. The summed E-state index contributed by atoms with van der Waals surface area (Å²) in [5, 5.41) is 22.9. The minimum Gasteiger partial charge on any atom is -0.480 e. The first kappa shape index (κ1) is 30.2. The largest absolute Gasteiger partial charge is 0.480 e. The molecule has 216 valence electrons. The van der Waals surface area contributed by atoms with Crippen LogP contribution in [-0.2, 0) is 40.0 Å². The van der Waals surface area contributed by atoms with E-state index in [0.29, 0.717) is 0 Å². The number of carboxylic acid groups (broad SMARTS) is 2. The molecule has 0 radical (unpaired) electrons. The number of hydrogen-bond donors (Lipinski definition) is 5. The van der Waals surface area contributed by atoms with Crippen LogP contribution < -0.4 is 16.4 Å². The number of amides is 4. The number of primary amides is 1. The summed E-state index contributed by atoms with van der Waals surface area (Å²) < 4.78 is 15.0. The van der Waals surface area contributed by atoms with Crippen LogP contribution in [0, 0.1) is 0 Å². The van der Waals surface area contributed by atoms with Crippen molar-refractivity contribution in [1.82, 2.24) is 15.5 Å². The summed E-state index contributed by atoms with van der Waals surface area (Å²) in [6.45, 7) is -0.478. The van der Waals surface area contributed by atoms with Crippen LogP contribution >= 0.6 is 11.8 Å². The molecule has 1 aromatic carbocycles. The standard InChI is InChI=1S/C24H28N4O11S/c1-37-24(20(34)28-17(19(32)33)14(11-38-22(25)35)12-40-21(24)28)27-16(29)9-5-8-15(18(30)31)26-23(36)39-10-13-6-3-2-4-7-13/h2-4,6-7,15,21H,5,8-12H2,1H3,(H2,25,35)(H,26,36)(H,27,29)(H,30,31)(H,32,33)/t15-,21-,24+/m1/s1. The van der Waals surface area contributed by atoms with Crippen molar-refractivity contribution in [2.45, 2.75) is 43.0 Å². The Kier molecular flexibility index (Phi) is 9.95. The van der Waals surface area contributed by atoms with E-state index < -0.39 is 65.4 Å². The van der Waals surface area contributed by atoms with Gasteiger partial charge in [0.05, 0.1) is 0 Å². The summed E-state index contributed by atoms with van der Waals surface area (Å²) in [6.07, 6.45) is -2.36. The zero-order valence-corrected chi connectivity index (χ0v) is 22.1. The van der Waals surface area contributed by atoms with E-state index in [0.717, 1.165) is 22.2 Å². The lowest BCUT2D eigenvalue weighted by Gasteiger charge is -2.55. The second-order valence-corrected chi connectivity index (χ2v) is 9.75. The normalized spacial score (nSPS) is 20.5. The van der Waals surface area contributed by atoms with Gasteiger partial charge in [-0.2, -0.15) is 0 Å². The van der Waals surface area contributed by atoms with Crippen LogP contribution in [0.1, 0.15) is 24.8 Å². The minimum absolute atomic E-state index is 0.0200. The second-order valence-electron chi connectivity index (χ2n) is 8.68. The monoisotopic (exact) mass is 580 g/mol. The molecule has 3 atom stereocenters. The molecule has 40 heavy (non-hydrogen) atoms. The van der Waals surface area contributed by atoms with E-state index in [9.17, 15) is 39.0 Å². The number of thioether (sulfide) groups is 1. The number of methoxy groups -OCH3 is 1. The van der Waals surface area contributed by atoms with Gasteiger partial charge < -0.3 is 40.8 Å². The van der Waals surface area contributed by atoms with Gasteiger partial charge in [-0.1, -0.05) is 30.3 Å². The number of benzene rings is 1. The molecule has 4 amide bonds. The fourth-order valence-electron chi connectivity index (χ4n) is 4.11. The van der Waals surface area contributed by atoms with Gasteiger partial charge in [0.1, 0.15) is 30.3 Å². The van der Waals surface area contributed by atoms with E-state index >= 15 is 0 Å². The van der Waals surface area contributed by atoms with E-state index in [1.807, 2.05) is 0 Å². The number of nitrogens with zero attached hydrogens (tertiary/aromatic N) is 1. The number of nitrogens with two attached hydrogens (primary N) is 1. The highest BCUT2D eigenvalue weighted by Crippen LogP contribution is 2.46. The fraction of sp³-hybridized carbons (Fsp3) is 0.417. The molecule has 15 nitrogen and oxygen atoms in total. The number of aliphatic carboxylic acids is 2. The summed E-state index contributed by atoms with van der Waals surface area (Å²) in [6, 6.07) is 7.47. The topological polar surface area (TPSA) is 224 Å². The highest BCUT2D eigenvalue weighted by Gasteiger charge is 2.66. The van der Waals surface area contributed by atoms with Crippen molar-refractivity contribution in [2.24, 2.45) is 5.73 Å². The molecule has 0 spiro atoms. The Morgan fingerprint density at radius 1 is 1.15 bits per heavy atom. The molecule has 2 aliphatic rings. The van der Waals surface area contributed by atoms with Crippen LogP contribution in [0.2, 0.25) is 0 Å². The first-order valence-corrected chi connectivity index (χ1v) is 12.9. The molecule has 0 saturated carbocycles. The molecule has 0 aliphatic carbocycles. The lowest BCUT2D eigenvalue weighted by atomic mass is 9.97. The number of carbonyl (C=O) groups is 6. The zero-order valence-electron chi connectivity index (χ0n) is 21.3. The van der Waals surface area contributed by atoms with Crippen LogP contribution in [0.4, 0.5) is 9.59 Å². The summed E-state index contributed by atoms with van der Waals surface area (Å²) in [5.41, 5.74) is 3.55. The number of hydrogen-bond acceptors (Lipinski definition) is 10. The molecule has 0 aromatic heterocycles. The average molecular weight is 581 g/mol. The Hall–Kier alpha value is -4.31. The molecular formula is C24H28N4O11S. The third-order valence-electron chi connectivity index (χ3n) is 6.05. The van der Waals surface area contributed by atoms with Gasteiger partial charge in [-0.15, -0.1) is 11.8 Å². The van der Waals surface area contributed by atoms with Crippen molar-refractivity contribution < 1.29 is 53.2 Å². The first-order valence-electron chi connectivity index (χ1n) is 11.9. The number of carbonyl (C=O) groups excluding carboxylic acids is 4. The second kappa shape index (κ2) is 13.2. The molecule has 16 heteroatoms. The molecule has 1 aromatic rings. The minimum atomic E-state index is -1.86. The third kappa shape index (κ3) is 6.81. The number of ether oxygens (including phenoxy) is 3. The molecule has 0 unspecified atom stereocenters. The molecule has 1 fully saturated rings. The Morgan fingerprint density at radius 2 is 1.85 bits per heavy atom. The quantitative estimate of drug-likeness (QED) is 0.157. The van der Waals surface area contributed by atoms with Gasteiger partial charge in [-0.3, -0.25) is 14.5 Å². The van der Waals surface area contributed by atoms with Crippen molar-refractivity contribution in [1.29, 1.82) is 0 Å². The van der Waals surface area contributed by atoms with Crippen LogP contribution in [0.25, 0.3) is 0 Å². The molecular weight excluding hydrogens is 552 g/mol. The maximum atomic E-state index is 13.0. The van der Waals surface area contributed by atoms with Crippen molar-refractivity contribution >= 4 is 47.7 Å². The number of carboxylic acids is 2. The average Bonchev–Trinajstić information content (AvgIpc) is 2.92. The summed E-state index contributed by atoms with van der Waals surface area (Å²) in [4.78, 5) is 73.1. The number of alkyl carbamates (subject to hydrolysis) is 1. The number of nitrogens with one attached hydrogen (secondary N) is 2. The van der Waals surface area contributed by atoms with Gasteiger partial charge >= 0.3 is 24.1 Å². The van der Waals surface area contributed by atoms with E-state index in [2.05, 4.69) is 15.4 Å². The molecule has 2 aliphatic heterocycles. The van der Waals surface area contributed by atoms with E-state index in [4.69, 9.17) is 15.2 Å². The maximum Gasteiger partial charge on any atom is 0.408 e. The van der Waals surface area contributed by atoms with Crippen molar-refractivity contribution in [3.8, 4) is 0 Å². The highest BCUT2D eigenvalue weighted by atomic mass is 32.2. The van der Waals surface area contributed by atoms with Gasteiger partial charge in [0.2, 0.25) is 5.91 Å². The zero-order chi connectivity index (χ0) is 29.4. The smallest absolute Gasteiger partial charge is 0.408 e.